The van der Waals surface area contributed by atoms with Crippen molar-refractivity contribution in [1.29, 1.82) is 0 Å². The Bertz CT molecular complexity index is 468. The molecule has 1 atom stereocenters. The van der Waals surface area contributed by atoms with Crippen LogP contribution in [0.1, 0.15) is 5.56 Å². The van der Waals surface area contributed by atoms with E-state index >= 15 is 0 Å². The Morgan fingerprint density at radius 1 is 1.18 bits per heavy atom. The van der Waals surface area contributed by atoms with Gasteiger partial charge in [0.1, 0.15) is 0 Å². The van der Waals surface area contributed by atoms with Crippen LogP contribution in [0.5, 0.6) is 11.5 Å². The quantitative estimate of drug-likeness (QED) is 0.729. The molecule has 0 aliphatic carbocycles. The van der Waals surface area contributed by atoms with Gasteiger partial charge >= 0.3 is 0 Å². The van der Waals surface area contributed by atoms with Gasteiger partial charge in [-0.25, -0.2) is 0 Å². The van der Waals surface area contributed by atoms with Crippen LogP contribution >= 0.6 is 0 Å². The van der Waals surface area contributed by atoms with Gasteiger partial charge in [0.05, 0.1) is 14.2 Å². The molecule has 0 saturated heterocycles. The summed E-state index contributed by atoms with van der Waals surface area (Å²) < 4.78 is 10.7. The number of anilines is 1. The minimum Gasteiger partial charge on any atom is -0.493 e. The van der Waals surface area contributed by atoms with Crippen LogP contribution in [0.3, 0.4) is 0 Å². The molecule has 0 N–H and O–H groups in total. The van der Waals surface area contributed by atoms with Crippen LogP contribution < -0.4 is 14.4 Å². The fourth-order valence-corrected chi connectivity index (χ4v) is 2.78. The zero-order chi connectivity index (χ0) is 11.8. The molecule has 0 amide bonds. The van der Waals surface area contributed by atoms with E-state index in [9.17, 15) is 0 Å². The number of hydrogen-bond donors (Lipinski definition) is 0. The predicted octanol–water partition coefficient (Wildman–Crippen LogP) is 2.25. The average molecular weight is 231 g/mol. The van der Waals surface area contributed by atoms with Crippen LogP contribution in [0.2, 0.25) is 0 Å². The van der Waals surface area contributed by atoms with Crippen molar-refractivity contribution < 1.29 is 9.47 Å². The van der Waals surface area contributed by atoms with Crippen LogP contribution in [0, 0.1) is 5.92 Å². The number of nitrogens with zero attached hydrogens (tertiary/aromatic N) is 1. The topological polar surface area (TPSA) is 21.7 Å². The summed E-state index contributed by atoms with van der Waals surface area (Å²) in [7, 11) is 3.38. The summed E-state index contributed by atoms with van der Waals surface area (Å²) in [6, 6.07) is 4.22. The van der Waals surface area contributed by atoms with Crippen molar-refractivity contribution in [3.05, 3.63) is 29.8 Å². The van der Waals surface area contributed by atoms with E-state index in [4.69, 9.17) is 9.47 Å². The van der Waals surface area contributed by atoms with Crippen molar-refractivity contribution >= 4 is 5.69 Å². The van der Waals surface area contributed by atoms with Gasteiger partial charge in [0.2, 0.25) is 0 Å². The van der Waals surface area contributed by atoms with Gasteiger partial charge in [-0.1, -0.05) is 12.2 Å². The fraction of sp³-hybridized carbons (Fsp3) is 0.429. The van der Waals surface area contributed by atoms with E-state index in [0.717, 1.165) is 31.0 Å². The van der Waals surface area contributed by atoms with Crippen molar-refractivity contribution in [3.8, 4) is 11.5 Å². The lowest BCUT2D eigenvalue weighted by atomic mass is 9.89. The molecule has 0 spiro atoms. The lowest BCUT2D eigenvalue weighted by molar-refractivity contribution is 0.354. The van der Waals surface area contributed by atoms with Gasteiger partial charge in [0, 0.05) is 24.8 Å². The summed E-state index contributed by atoms with van der Waals surface area (Å²) in [5.74, 6) is 2.30. The Morgan fingerprint density at radius 2 is 1.94 bits per heavy atom. The normalized spacial score (nSPS) is 21.1. The smallest absolute Gasteiger partial charge is 0.162 e. The van der Waals surface area contributed by atoms with Crippen molar-refractivity contribution in [2.75, 3.05) is 32.2 Å². The highest BCUT2D eigenvalue weighted by atomic mass is 16.5. The van der Waals surface area contributed by atoms with Gasteiger partial charge in [-0.3, -0.25) is 0 Å². The highest BCUT2D eigenvalue weighted by molar-refractivity contribution is 5.64. The third-order valence-electron chi connectivity index (χ3n) is 3.60. The zero-order valence-electron chi connectivity index (χ0n) is 10.3. The maximum atomic E-state index is 5.37. The van der Waals surface area contributed by atoms with Crippen LogP contribution in [0.15, 0.2) is 24.3 Å². The third kappa shape index (κ3) is 1.66. The Kier molecular flexibility index (Phi) is 2.46. The molecule has 1 aromatic rings. The highest BCUT2D eigenvalue weighted by Gasteiger charge is 2.26. The first-order valence-electron chi connectivity index (χ1n) is 5.98. The molecule has 2 aliphatic rings. The summed E-state index contributed by atoms with van der Waals surface area (Å²) >= 11 is 0. The van der Waals surface area contributed by atoms with E-state index in [-0.39, 0.29) is 0 Å². The van der Waals surface area contributed by atoms with E-state index in [0.29, 0.717) is 5.92 Å². The van der Waals surface area contributed by atoms with Crippen molar-refractivity contribution in [3.63, 3.8) is 0 Å². The van der Waals surface area contributed by atoms with Gasteiger partial charge < -0.3 is 14.4 Å². The molecule has 2 bridgehead atoms. The number of ether oxygens (including phenoxy) is 2. The maximum Gasteiger partial charge on any atom is 0.162 e. The predicted molar refractivity (Wildman–Crippen MR) is 68.1 cm³/mol. The molecular weight excluding hydrogens is 214 g/mol. The van der Waals surface area contributed by atoms with Crippen LogP contribution in [0.4, 0.5) is 5.69 Å². The van der Waals surface area contributed by atoms with Crippen molar-refractivity contribution in [1.82, 2.24) is 0 Å². The molecule has 2 heterocycles. The monoisotopic (exact) mass is 231 g/mol. The Balaban J connectivity index is 2.08. The van der Waals surface area contributed by atoms with Crippen molar-refractivity contribution in [2.45, 2.75) is 6.42 Å². The van der Waals surface area contributed by atoms with E-state index in [1.807, 2.05) is 0 Å². The molecule has 0 unspecified atom stereocenters. The minimum absolute atomic E-state index is 0.648. The minimum atomic E-state index is 0.648. The first kappa shape index (κ1) is 10.5. The lowest BCUT2D eigenvalue weighted by Crippen LogP contribution is -2.37. The summed E-state index contributed by atoms with van der Waals surface area (Å²) in [6.07, 6.45) is 5.69. The van der Waals surface area contributed by atoms with Crippen LogP contribution in [0.25, 0.3) is 0 Å². The van der Waals surface area contributed by atoms with Gasteiger partial charge in [0.25, 0.3) is 0 Å². The number of methoxy groups -OCH3 is 2. The largest absolute Gasteiger partial charge is 0.493 e. The average Bonchev–Trinajstić information content (AvgIpc) is 2.37. The Labute approximate surface area is 102 Å². The highest BCUT2D eigenvalue weighted by Crippen LogP contribution is 2.40. The lowest BCUT2D eigenvalue weighted by Gasteiger charge is -2.37. The van der Waals surface area contributed by atoms with Gasteiger partial charge in [-0.05, 0) is 24.0 Å². The molecule has 0 aromatic heterocycles. The van der Waals surface area contributed by atoms with Gasteiger partial charge in [-0.15, -0.1) is 0 Å². The SMILES string of the molecule is COc1cc2c(cc1OC)N1CC=C[C@@H](C2)C1. The van der Waals surface area contributed by atoms with E-state index < -0.39 is 0 Å². The standard InChI is InChI=1S/C14H17NO2/c1-16-13-7-11-6-10-4-3-5-15(9-10)12(11)8-14(13)17-2/h3-4,7-8,10H,5-6,9H2,1-2H3/t10-/m0/s1. The second kappa shape index (κ2) is 3.99. The Morgan fingerprint density at radius 3 is 2.71 bits per heavy atom. The molecule has 17 heavy (non-hydrogen) atoms. The molecule has 0 fully saturated rings. The van der Waals surface area contributed by atoms with E-state index in [1.165, 1.54) is 11.3 Å². The fourth-order valence-electron chi connectivity index (χ4n) is 2.78. The first-order chi connectivity index (χ1) is 8.31. The molecule has 3 heteroatoms. The Hall–Kier alpha value is -1.64. The molecule has 1 aromatic carbocycles. The second-order valence-corrected chi connectivity index (χ2v) is 4.63. The van der Waals surface area contributed by atoms with E-state index in [1.54, 1.807) is 14.2 Å². The summed E-state index contributed by atoms with van der Waals surface area (Å²) in [5.41, 5.74) is 2.66. The van der Waals surface area contributed by atoms with Gasteiger partial charge in [0.15, 0.2) is 11.5 Å². The summed E-state index contributed by atoms with van der Waals surface area (Å²) in [4.78, 5) is 2.41. The summed E-state index contributed by atoms with van der Waals surface area (Å²) in [6.45, 7) is 2.12. The van der Waals surface area contributed by atoms with Crippen molar-refractivity contribution in [2.24, 2.45) is 5.92 Å². The molecule has 3 nitrogen and oxygen atoms in total. The molecular formula is C14H17NO2. The number of hydrogen-bond acceptors (Lipinski definition) is 3. The molecule has 0 saturated carbocycles. The number of rotatable bonds is 2. The van der Waals surface area contributed by atoms with Crippen LogP contribution in [-0.2, 0) is 6.42 Å². The first-order valence-corrected chi connectivity index (χ1v) is 5.98. The number of fused-ring (bicyclic) bond motifs is 4. The molecule has 3 rings (SSSR count). The molecule has 2 aliphatic heterocycles. The second-order valence-electron chi connectivity index (χ2n) is 4.63. The van der Waals surface area contributed by atoms with E-state index in [2.05, 4.69) is 29.2 Å². The maximum absolute atomic E-state index is 5.37. The van der Waals surface area contributed by atoms with Crippen LogP contribution in [-0.4, -0.2) is 27.3 Å². The number of benzene rings is 1. The molecule has 0 radical (unpaired) electrons. The zero-order valence-corrected chi connectivity index (χ0v) is 10.3. The summed E-state index contributed by atoms with van der Waals surface area (Å²) in [5, 5.41) is 0. The molecule has 90 valence electrons. The third-order valence-corrected chi connectivity index (χ3v) is 3.60. The van der Waals surface area contributed by atoms with Gasteiger partial charge in [-0.2, -0.15) is 0 Å².